The van der Waals surface area contributed by atoms with E-state index >= 15 is 0 Å². The van der Waals surface area contributed by atoms with Gasteiger partial charge >= 0.3 is 0 Å². The number of benzene rings is 1. The molecule has 1 aromatic rings. The number of anilines is 1. The van der Waals surface area contributed by atoms with Gasteiger partial charge in [0, 0.05) is 25.1 Å². The number of carbonyl (C=O) groups is 2. The first kappa shape index (κ1) is 18.5. The fourth-order valence-corrected chi connectivity index (χ4v) is 3.87. The third-order valence-electron chi connectivity index (χ3n) is 5.38. The van der Waals surface area contributed by atoms with E-state index in [1.165, 1.54) is 25.7 Å². The lowest BCUT2D eigenvalue weighted by Gasteiger charge is -2.21. The van der Waals surface area contributed by atoms with E-state index in [0.29, 0.717) is 23.7 Å². The average molecular weight is 360 g/mol. The summed E-state index contributed by atoms with van der Waals surface area (Å²) in [6.45, 7) is 0.389. The molecule has 1 aromatic carbocycles. The smallest absolute Gasteiger partial charge is 0.227 e. The van der Waals surface area contributed by atoms with Crippen LogP contribution in [0.1, 0.15) is 44.9 Å². The van der Waals surface area contributed by atoms with Gasteiger partial charge in [-0.05, 0) is 25.0 Å². The molecule has 0 radical (unpaired) electrons. The molecule has 26 heavy (non-hydrogen) atoms. The maximum absolute atomic E-state index is 12.7. The second-order valence-corrected chi connectivity index (χ2v) is 7.14. The molecule has 2 fully saturated rings. The van der Waals surface area contributed by atoms with Crippen molar-refractivity contribution in [2.24, 2.45) is 5.92 Å². The summed E-state index contributed by atoms with van der Waals surface area (Å²) in [7, 11) is 3.15. The molecule has 6 heteroatoms. The van der Waals surface area contributed by atoms with Gasteiger partial charge in [0.15, 0.2) is 0 Å². The minimum absolute atomic E-state index is 0.000212. The molecule has 1 N–H and O–H groups in total. The summed E-state index contributed by atoms with van der Waals surface area (Å²) in [5.74, 6) is 0.884. The molecule has 1 aliphatic heterocycles. The third kappa shape index (κ3) is 4.11. The van der Waals surface area contributed by atoms with Crippen LogP contribution in [0, 0.1) is 5.92 Å². The number of nitrogens with one attached hydrogen (secondary N) is 1. The Balaban J connectivity index is 1.67. The van der Waals surface area contributed by atoms with E-state index in [9.17, 15) is 9.59 Å². The van der Waals surface area contributed by atoms with E-state index in [2.05, 4.69) is 5.32 Å². The second kappa shape index (κ2) is 8.43. The number of rotatable bonds is 5. The van der Waals surface area contributed by atoms with Gasteiger partial charge in [0.1, 0.15) is 11.5 Å². The Kier molecular flexibility index (Phi) is 6.01. The highest BCUT2D eigenvalue weighted by molar-refractivity contribution is 6.01. The number of hydrogen-bond acceptors (Lipinski definition) is 4. The van der Waals surface area contributed by atoms with Crippen LogP contribution in [0.25, 0.3) is 0 Å². The second-order valence-electron chi connectivity index (χ2n) is 7.14. The largest absolute Gasteiger partial charge is 0.497 e. The predicted octanol–water partition coefficient (Wildman–Crippen LogP) is 2.90. The molecule has 1 atom stereocenters. The van der Waals surface area contributed by atoms with Gasteiger partial charge in [-0.1, -0.05) is 25.7 Å². The van der Waals surface area contributed by atoms with E-state index in [4.69, 9.17) is 9.47 Å². The first-order valence-electron chi connectivity index (χ1n) is 9.45. The van der Waals surface area contributed by atoms with Crippen LogP contribution in [-0.2, 0) is 9.59 Å². The monoisotopic (exact) mass is 360 g/mol. The normalized spacial score (nSPS) is 21.4. The number of hydrogen-bond donors (Lipinski definition) is 1. The number of nitrogens with zero attached hydrogens (tertiary/aromatic N) is 1. The zero-order chi connectivity index (χ0) is 18.5. The topological polar surface area (TPSA) is 67.9 Å². The van der Waals surface area contributed by atoms with Crippen molar-refractivity contribution < 1.29 is 19.1 Å². The molecule has 0 aromatic heterocycles. The first-order chi connectivity index (χ1) is 12.6. The molecular weight excluding hydrogens is 332 g/mol. The van der Waals surface area contributed by atoms with E-state index in [-0.39, 0.29) is 30.2 Å². The van der Waals surface area contributed by atoms with Gasteiger partial charge in [-0.3, -0.25) is 9.59 Å². The summed E-state index contributed by atoms with van der Waals surface area (Å²) < 4.78 is 10.6. The summed E-state index contributed by atoms with van der Waals surface area (Å²) in [4.78, 5) is 26.8. The molecule has 2 amide bonds. The molecule has 142 valence electrons. The summed E-state index contributed by atoms with van der Waals surface area (Å²) in [6.07, 6.45) is 7.17. The number of ether oxygens (including phenoxy) is 2. The van der Waals surface area contributed by atoms with Crippen LogP contribution in [0.5, 0.6) is 11.5 Å². The van der Waals surface area contributed by atoms with Crippen LogP contribution in [0.2, 0.25) is 0 Å². The molecule has 1 heterocycles. The molecule has 0 unspecified atom stereocenters. The lowest BCUT2D eigenvalue weighted by molar-refractivity contribution is -0.127. The molecule has 1 saturated carbocycles. The van der Waals surface area contributed by atoms with Crippen molar-refractivity contribution in [2.45, 2.75) is 51.0 Å². The molecule has 1 saturated heterocycles. The van der Waals surface area contributed by atoms with Crippen molar-refractivity contribution in [3.8, 4) is 11.5 Å². The Hall–Kier alpha value is -2.24. The Morgan fingerprint density at radius 3 is 2.50 bits per heavy atom. The van der Waals surface area contributed by atoms with Crippen LogP contribution in [0.4, 0.5) is 5.69 Å². The van der Waals surface area contributed by atoms with Crippen molar-refractivity contribution in [1.82, 2.24) is 5.32 Å². The summed E-state index contributed by atoms with van der Waals surface area (Å²) >= 11 is 0. The predicted molar refractivity (Wildman–Crippen MR) is 99.6 cm³/mol. The highest BCUT2D eigenvalue weighted by Crippen LogP contribution is 2.35. The average Bonchev–Trinajstić information content (AvgIpc) is 2.87. The Morgan fingerprint density at radius 1 is 1.12 bits per heavy atom. The van der Waals surface area contributed by atoms with Gasteiger partial charge in [-0.2, -0.15) is 0 Å². The number of carbonyl (C=O) groups excluding carboxylic acids is 2. The van der Waals surface area contributed by atoms with Gasteiger partial charge in [0.25, 0.3) is 0 Å². The highest BCUT2D eigenvalue weighted by Gasteiger charge is 2.37. The molecule has 6 nitrogen and oxygen atoms in total. The van der Waals surface area contributed by atoms with Crippen molar-refractivity contribution >= 4 is 17.5 Å². The standard InChI is InChI=1S/C20H28N2O4/c1-25-16-9-10-17(18(12-16)26-2)22-13-14(11-19(22)23)20(24)21-15-7-5-3-4-6-8-15/h9-10,12,14-15H,3-8,11,13H2,1-2H3,(H,21,24)/t14-/m1/s1. The van der Waals surface area contributed by atoms with Crippen LogP contribution >= 0.6 is 0 Å². The Labute approximate surface area is 154 Å². The lowest BCUT2D eigenvalue weighted by atomic mass is 10.0. The minimum atomic E-state index is -0.308. The molecule has 1 aliphatic carbocycles. The molecule has 3 rings (SSSR count). The van der Waals surface area contributed by atoms with Crippen molar-refractivity contribution in [3.05, 3.63) is 18.2 Å². The lowest BCUT2D eigenvalue weighted by Crippen LogP contribution is -2.39. The van der Waals surface area contributed by atoms with Crippen molar-refractivity contribution in [1.29, 1.82) is 0 Å². The van der Waals surface area contributed by atoms with Crippen LogP contribution in [-0.4, -0.2) is 38.6 Å². The highest BCUT2D eigenvalue weighted by atomic mass is 16.5. The van der Waals surface area contributed by atoms with Crippen LogP contribution in [0.3, 0.4) is 0 Å². The maximum atomic E-state index is 12.7. The zero-order valence-corrected chi connectivity index (χ0v) is 15.6. The van der Waals surface area contributed by atoms with E-state index in [1.54, 1.807) is 37.3 Å². The van der Waals surface area contributed by atoms with E-state index in [0.717, 1.165) is 12.8 Å². The van der Waals surface area contributed by atoms with Crippen LogP contribution < -0.4 is 19.7 Å². The quantitative estimate of drug-likeness (QED) is 0.820. The molecular formula is C20H28N2O4. The van der Waals surface area contributed by atoms with Gasteiger partial charge in [0.2, 0.25) is 11.8 Å². The Morgan fingerprint density at radius 2 is 1.85 bits per heavy atom. The van der Waals surface area contributed by atoms with Crippen molar-refractivity contribution in [2.75, 3.05) is 25.7 Å². The van der Waals surface area contributed by atoms with Gasteiger partial charge in [-0.25, -0.2) is 0 Å². The van der Waals surface area contributed by atoms with Crippen molar-refractivity contribution in [3.63, 3.8) is 0 Å². The van der Waals surface area contributed by atoms with Gasteiger partial charge in [-0.15, -0.1) is 0 Å². The first-order valence-corrected chi connectivity index (χ1v) is 9.45. The number of methoxy groups -OCH3 is 2. The van der Waals surface area contributed by atoms with Gasteiger partial charge < -0.3 is 19.7 Å². The summed E-state index contributed by atoms with van der Waals surface area (Å²) in [5.41, 5.74) is 0.683. The van der Waals surface area contributed by atoms with E-state index < -0.39 is 0 Å². The summed E-state index contributed by atoms with van der Waals surface area (Å²) in [6, 6.07) is 5.61. The van der Waals surface area contributed by atoms with Crippen LogP contribution in [0.15, 0.2) is 18.2 Å². The summed E-state index contributed by atoms with van der Waals surface area (Å²) in [5, 5.41) is 3.17. The SMILES string of the molecule is COc1ccc(N2C[C@H](C(=O)NC3CCCCCC3)CC2=O)c(OC)c1. The van der Waals surface area contributed by atoms with E-state index in [1.807, 2.05) is 0 Å². The fraction of sp³-hybridized carbons (Fsp3) is 0.600. The number of amides is 2. The third-order valence-corrected chi connectivity index (χ3v) is 5.38. The fourth-order valence-electron chi connectivity index (χ4n) is 3.87. The molecule has 0 spiro atoms. The molecule has 2 aliphatic rings. The Bertz CT molecular complexity index is 653. The maximum Gasteiger partial charge on any atom is 0.227 e. The minimum Gasteiger partial charge on any atom is -0.497 e. The van der Waals surface area contributed by atoms with Gasteiger partial charge in [0.05, 0.1) is 25.8 Å². The zero-order valence-electron chi connectivity index (χ0n) is 15.6. The molecule has 0 bridgehead atoms.